The second-order valence-corrected chi connectivity index (χ2v) is 6.11. The van der Waals surface area contributed by atoms with E-state index in [1.807, 2.05) is 23.5 Å². The predicted octanol–water partition coefficient (Wildman–Crippen LogP) is 4.43. The lowest BCUT2D eigenvalue weighted by molar-refractivity contribution is 0.587. The van der Waals surface area contributed by atoms with Crippen molar-refractivity contribution in [2.45, 2.75) is 36.0 Å². The van der Waals surface area contributed by atoms with Gasteiger partial charge in [0.1, 0.15) is 0 Å². The van der Waals surface area contributed by atoms with Crippen LogP contribution in [-0.4, -0.2) is 12.5 Å². The first-order valence-electron chi connectivity index (χ1n) is 4.71. The lowest BCUT2D eigenvalue weighted by atomic mass is 9.87. The summed E-state index contributed by atoms with van der Waals surface area (Å²) in [5, 5.41) is 0. The molecular weight excluding hydrogens is 208 g/mol. The first-order valence-corrected chi connectivity index (χ1v) is 7.16. The smallest absolute Gasteiger partial charge is 0.00832 e. The van der Waals surface area contributed by atoms with Gasteiger partial charge in [0.2, 0.25) is 0 Å². The van der Waals surface area contributed by atoms with Gasteiger partial charge in [0.15, 0.2) is 0 Å². The molecule has 0 fully saturated rings. The summed E-state index contributed by atoms with van der Waals surface area (Å²) in [7, 11) is 0. The van der Waals surface area contributed by atoms with Gasteiger partial charge < -0.3 is 0 Å². The minimum absolute atomic E-state index is 0.246. The summed E-state index contributed by atoms with van der Waals surface area (Å²) >= 11 is 3.63. The Morgan fingerprint density at radius 3 is 1.57 bits per heavy atom. The van der Waals surface area contributed by atoms with E-state index in [2.05, 4.69) is 51.5 Å². The third kappa shape index (κ3) is 2.96. The van der Waals surface area contributed by atoms with Gasteiger partial charge in [-0.1, -0.05) is 20.8 Å². The third-order valence-corrected chi connectivity index (χ3v) is 3.63. The number of hydrogen-bond acceptors (Lipinski definition) is 2. The van der Waals surface area contributed by atoms with Crippen LogP contribution in [0.25, 0.3) is 0 Å². The predicted molar refractivity (Wildman–Crippen MR) is 68.7 cm³/mol. The Morgan fingerprint density at radius 1 is 0.857 bits per heavy atom. The molecule has 0 amide bonds. The van der Waals surface area contributed by atoms with E-state index >= 15 is 0 Å². The largest absolute Gasteiger partial charge is 0.130 e. The van der Waals surface area contributed by atoms with Crippen molar-refractivity contribution >= 4 is 23.5 Å². The van der Waals surface area contributed by atoms with Crippen LogP contribution in [-0.2, 0) is 5.41 Å². The summed E-state index contributed by atoms with van der Waals surface area (Å²) in [4.78, 5) is 2.73. The first-order chi connectivity index (χ1) is 6.47. The molecule has 0 aromatic heterocycles. The van der Waals surface area contributed by atoms with Gasteiger partial charge in [-0.3, -0.25) is 0 Å². The van der Waals surface area contributed by atoms with Gasteiger partial charge in [-0.15, -0.1) is 23.5 Å². The van der Waals surface area contributed by atoms with Crippen LogP contribution in [0.3, 0.4) is 0 Å². The van der Waals surface area contributed by atoms with Gasteiger partial charge in [-0.2, -0.15) is 0 Å². The zero-order valence-corrected chi connectivity index (χ0v) is 11.2. The minimum atomic E-state index is 0.246. The van der Waals surface area contributed by atoms with E-state index in [1.54, 1.807) is 0 Å². The fraction of sp³-hybridized carbons (Fsp3) is 0.500. The van der Waals surface area contributed by atoms with E-state index in [4.69, 9.17) is 0 Å². The van der Waals surface area contributed by atoms with Crippen molar-refractivity contribution < 1.29 is 0 Å². The van der Waals surface area contributed by atoms with Gasteiger partial charge >= 0.3 is 0 Å². The van der Waals surface area contributed by atoms with E-state index in [0.717, 1.165) is 0 Å². The van der Waals surface area contributed by atoms with Crippen LogP contribution in [0, 0.1) is 0 Å². The van der Waals surface area contributed by atoms with Gasteiger partial charge in [0.25, 0.3) is 0 Å². The highest BCUT2D eigenvalue weighted by Crippen LogP contribution is 2.30. The lowest BCUT2D eigenvalue weighted by Gasteiger charge is -2.20. The molecule has 0 bridgehead atoms. The van der Waals surface area contributed by atoms with Crippen molar-refractivity contribution in [2.75, 3.05) is 12.5 Å². The molecule has 78 valence electrons. The number of hydrogen-bond donors (Lipinski definition) is 0. The summed E-state index contributed by atoms with van der Waals surface area (Å²) in [5.74, 6) is 0. The summed E-state index contributed by atoms with van der Waals surface area (Å²) in [6, 6.07) is 6.85. The number of benzene rings is 1. The Hall–Kier alpha value is -0.0800. The monoisotopic (exact) mass is 226 g/mol. The zero-order valence-electron chi connectivity index (χ0n) is 9.55. The first kappa shape index (κ1) is 12.0. The zero-order chi connectivity index (χ0) is 10.8. The Labute approximate surface area is 95.9 Å². The molecule has 0 N–H and O–H groups in total. The molecule has 1 aromatic carbocycles. The van der Waals surface area contributed by atoms with Crippen LogP contribution in [0.5, 0.6) is 0 Å². The highest BCUT2D eigenvalue weighted by molar-refractivity contribution is 7.99. The van der Waals surface area contributed by atoms with Crippen LogP contribution in [0.15, 0.2) is 28.0 Å². The lowest BCUT2D eigenvalue weighted by Crippen LogP contribution is -2.11. The van der Waals surface area contributed by atoms with Crippen molar-refractivity contribution in [3.05, 3.63) is 23.8 Å². The molecule has 14 heavy (non-hydrogen) atoms. The maximum absolute atomic E-state index is 2.30. The molecule has 2 heteroatoms. The second-order valence-electron chi connectivity index (χ2n) is 4.35. The molecule has 0 radical (unpaired) electrons. The maximum Gasteiger partial charge on any atom is 0.00832 e. The Morgan fingerprint density at radius 2 is 1.29 bits per heavy atom. The Bertz CT molecular complexity index is 288. The van der Waals surface area contributed by atoms with Crippen molar-refractivity contribution in [3.8, 4) is 0 Å². The fourth-order valence-electron chi connectivity index (χ4n) is 1.24. The van der Waals surface area contributed by atoms with E-state index in [1.165, 1.54) is 15.4 Å². The number of rotatable bonds is 2. The molecule has 0 atom stereocenters. The van der Waals surface area contributed by atoms with E-state index in [9.17, 15) is 0 Å². The quantitative estimate of drug-likeness (QED) is 0.684. The SMILES string of the molecule is CSc1cc(SC)cc(C(C)(C)C)c1. The molecule has 0 aliphatic heterocycles. The fourth-order valence-corrected chi connectivity index (χ4v) is 2.29. The second kappa shape index (κ2) is 4.63. The summed E-state index contributed by atoms with van der Waals surface area (Å²) in [6.45, 7) is 6.78. The Balaban J connectivity index is 3.17. The standard InChI is InChI=1S/C12H18S2/c1-12(2,3)9-6-10(13-4)8-11(7-9)14-5/h6-8H,1-5H3. The molecular formula is C12H18S2. The number of thioether (sulfide) groups is 2. The minimum Gasteiger partial charge on any atom is -0.130 e. The van der Waals surface area contributed by atoms with E-state index < -0.39 is 0 Å². The summed E-state index contributed by atoms with van der Waals surface area (Å²) < 4.78 is 0. The Kier molecular flexibility index (Phi) is 3.96. The normalized spacial score (nSPS) is 11.8. The maximum atomic E-state index is 2.30. The van der Waals surface area contributed by atoms with Crippen LogP contribution in [0.1, 0.15) is 26.3 Å². The molecule has 1 rings (SSSR count). The van der Waals surface area contributed by atoms with Gasteiger partial charge in [0, 0.05) is 9.79 Å². The molecule has 0 unspecified atom stereocenters. The van der Waals surface area contributed by atoms with Crippen LogP contribution in [0.4, 0.5) is 0 Å². The molecule has 0 spiro atoms. The molecule has 0 heterocycles. The highest BCUT2D eigenvalue weighted by atomic mass is 32.2. The molecule has 0 saturated heterocycles. The van der Waals surface area contributed by atoms with Gasteiger partial charge in [-0.25, -0.2) is 0 Å². The van der Waals surface area contributed by atoms with Crippen LogP contribution in [0.2, 0.25) is 0 Å². The average Bonchev–Trinajstić information content (AvgIpc) is 2.15. The molecule has 0 saturated carbocycles. The van der Waals surface area contributed by atoms with Crippen molar-refractivity contribution in [1.82, 2.24) is 0 Å². The van der Waals surface area contributed by atoms with Crippen LogP contribution < -0.4 is 0 Å². The highest BCUT2D eigenvalue weighted by Gasteiger charge is 2.14. The van der Waals surface area contributed by atoms with E-state index in [-0.39, 0.29) is 5.41 Å². The van der Waals surface area contributed by atoms with Gasteiger partial charge in [0.05, 0.1) is 0 Å². The van der Waals surface area contributed by atoms with Crippen LogP contribution >= 0.6 is 23.5 Å². The summed E-state index contributed by atoms with van der Waals surface area (Å²) in [5.41, 5.74) is 1.67. The average molecular weight is 226 g/mol. The molecule has 0 aliphatic carbocycles. The molecule has 1 aromatic rings. The van der Waals surface area contributed by atoms with E-state index in [0.29, 0.717) is 0 Å². The topological polar surface area (TPSA) is 0 Å². The summed E-state index contributed by atoms with van der Waals surface area (Å²) in [6.07, 6.45) is 4.26. The van der Waals surface area contributed by atoms with Gasteiger partial charge in [-0.05, 0) is 41.7 Å². The van der Waals surface area contributed by atoms with Crippen molar-refractivity contribution in [1.29, 1.82) is 0 Å². The van der Waals surface area contributed by atoms with Crippen molar-refractivity contribution in [2.24, 2.45) is 0 Å². The van der Waals surface area contributed by atoms with Crippen molar-refractivity contribution in [3.63, 3.8) is 0 Å². The molecule has 0 aliphatic rings. The molecule has 0 nitrogen and oxygen atoms in total. The third-order valence-electron chi connectivity index (χ3n) is 2.22.